The average molecular weight is 286 g/mol. The molecule has 6 heteroatoms. The molecule has 2 aliphatic rings. The van der Waals surface area contributed by atoms with Crippen LogP contribution in [0.5, 0.6) is 5.88 Å². The van der Waals surface area contributed by atoms with Gasteiger partial charge in [-0.3, -0.25) is 0 Å². The number of nitrogens with one attached hydrogen (secondary N) is 1. The summed E-state index contributed by atoms with van der Waals surface area (Å²) in [5.41, 5.74) is 0.855. The summed E-state index contributed by atoms with van der Waals surface area (Å²) >= 11 is 0. The van der Waals surface area contributed by atoms with Gasteiger partial charge in [0.15, 0.2) is 6.61 Å². The van der Waals surface area contributed by atoms with Crippen molar-refractivity contribution < 1.29 is 17.9 Å². The summed E-state index contributed by atoms with van der Waals surface area (Å²) in [6.45, 7) is -1.31. The van der Waals surface area contributed by atoms with Crippen LogP contribution in [0.3, 0.4) is 0 Å². The normalized spacial score (nSPS) is 19.2. The molecule has 110 valence electrons. The lowest BCUT2D eigenvalue weighted by atomic mass is 10.1. The fraction of sp³-hybridized carbons (Fsp3) is 0.643. The van der Waals surface area contributed by atoms with E-state index in [1.54, 1.807) is 12.3 Å². The maximum atomic E-state index is 12.0. The van der Waals surface area contributed by atoms with Gasteiger partial charge in [0.25, 0.3) is 0 Å². The van der Waals surface area contributed by atoms with Gasteiger partial charge in [-0.25, -0.2) is 4.98 Å². The molecular formula is C14H17F3N2O. The molecule has 2 fully saturated rings. The average Bonchev–Trinajstić information content (AvgIpc) is 3.27. The van der Waals surface area contributed by atoms with Crippen LogP contribution in [0.15, 0.2) is 18.3 Å². The Balaban J connectivity index is 1.55. The van der Waals surface area contributed by atoms with E-state index in [9.17, 15) is 13.2 Å². The van der Waals surface area contributed by atoms with E-state index in [4.69, 9.17) is 0 Å². The molecule has 0 aromatic carbocycles. The first kappa shape index (κ1) is 13.5. The lowest BCUT2D eigenvalue weighted by Crippen LogP contribution is -2.24. The van der Waals surface area contributed by atoms with E-state index >= 15 is 0 Å². The fourth-order valence-electron chi connectivity index (χ4n) is 2.43. The van der Waals surface area contributed by atoms with Crippen LogP contribution in [0, 0.1) is 11.8 Å². The molecule has 0 unspecified atom stereocenters. The Morgan fingerprint density at radius 3 is 2.30 bits per heavy atom. The molecule has 20 heavy (non-hydrogen) atoms. The molecule has 1 heterocycles. The minimum absolute atomic E-state index is 0.00210. The Kier molecular flexibility index (Phi) is 3.48. The summed E-state index contributed by atoms with van der Waals surface area (Å²) in [6, 6.07) is 3.71. The number of halogens is 3. The number of anilines is 1. The molecule has 0 radical (unpaired) electrons. The Hall–Kier alpha value is -1.46. The zero-order valence-corrected chi connectivity index (χ0v) is 11.0. The largest absolute Gasteiger partial charge is 0.468 e. The van der Waals surface area contributed by atoms with Crippen LogP contribution in [0.25, 0.3) is 0 Å². The van der Waals surface area contributed by atoms with E-state index < -0.39 is 12.8 Å². The Bertz CT molecular complexity index is 440. The highest BCUT2D eigenvalue weighted by Gasteiger charge is 2.41. The van der Waals surface area contributed by atoms with Gasteiger partial charge in [-0.1, -0.05) is 0 Å². The summed E-state index contributed by atoms with van der Waals surface area (Å²) in [5, 5.41) is 3.46. The van der Waals surface area contributed by atoms with Gasteiger partial charge in [0, 0.05) is 12.1 Å². The van der Waals surface area contributed by atoms with Gasteiger partial charge in [-0.05, 0) is 43.6 Å². The van der Waals surface area contributed by atoms with Gasteiger partial charge in [0.05, 0.1) is 11.9 Å². The minimum Gasteiger partial charge on any atom is -0.468 e. The second kappa shape index (κ2) is 5.14. The number of ether oxygens (including phenoxy) is 1. The zero-order valence-electron chi connectivity index (χ0n) is 11.0. The number of pyridine rings is 1. The van der Waals surface area contributed by atoms with Crippen molar-refractivity contribution in [3.05, 3.63) is 18.3 Å². The third-order valence-corrected chi connectivity index (χ3v) is 3.71. The number of aromatic nitrogens is 1. The summed E-state index contributed by atoms with van der Waals surface area (Å²) < 4.78 is 40.6. The maximum absolute atomic E-state index is 12.0. The van der Waals surface area contributed by atoms with Crippen molar-refractivity contribution in [3.63, 3.8) is 0 Å². The molecule has 0 amide bonds. The van der Waals surface area contributed by atoms with E-state index in [0.29, 0.717) is 6.04 Å². The predicted molar refractivity (Wildman–Crippen MR) is 68.6 cm³/mol. The first-order valence-electron chi connectivity index (χ1n) is 6.93. The van der Waals surface area contributed by atoms with E-state index in [0.717, 1.165) is 17.5 Å². The molecule has 3 rings (SSSR count). The highest BCUT2D eigenvalue weighted by Crippen LogP contribution is 2.45. The summed E-state index contributed by atoms with van der Waals surface area (Å²) in [4.78, 5) is 3.91. The van der Waals surface area contributed by atoms with Crippen molar-refractivity contribution in [1.29, 1.82) is 0 Å². The number of hydrogen-bond donors (Lipinski definition) is 1. The van der Waals surface area contributed by atoms with Gasteiger partial charge in [-0.15, -0.1) is 0 Å². The number of hydrogen-bond acceptors (Lipinski definition) is 3. The van der Waals surface area contributed by atoms with Crippen molar-refractivity contribution in [1.82, 2.24) is 4.98 Å². The topological polar surface area (TPSA) is 34.1 Å². The molecule has 1 aromatic heterocycles. The molecule has 1 aromatic rings. The molecule has 2 aliphatic carbocycles. The van der Waals surface area contributed by atoms with Crippen molar-refractivity contribution in [3.8, 4) is 5.88 Å². The first-order chi connectivity index (χ1) is 9.51. The van der Waals surface area contributed by atoms with Crippen LogP contribution in [0.4, 0.5) is 18.9 Å². The molecule has 0 saturated heterocycles. The number of alkyl halides is 3. The van der Waals surface area contributed by atoms with Crippen LogP contribution in [-0.4, -0.2) is 23.8 Å². The summed E-state index contributed by atoms with van der Waals surface area (Å²) in [5.74, 6) is 1.51. The van der Waals surface area contributed by atoms with Crippen molar-refractivity contribution in [2.45, 2.75) is 37.9 Å². The van der Waals surface area contributed by atoms with Gasteiger partial charge in [-0.2, -0.15) is 13.2 Å². The highest BCUT2D eigenvalue weighted by molar-refractivity contribution is 5.44. The number of rotatable bonds is 6. The molecule has 3 nitrogen and oxygen atoms in total. The predicted octanol–water partition coefficient (Wildman–Crippen LogP) is 3.62. The van der Waals surface area contributed by atoms with Gasteiger partial charge in [0.2, 0.25) is 5.88 Å². The van der Waals surface area contributed by atoms with Gasteiger partial charge < -0.3 is 10.1 Å². The molecule has 1 N–H and O–H groups in total. The van der Waals surface area contributed by atoms with Crippen LogP contribution >= 0.6 is 0 Å². The van der Waals surface area contributed by atoms with Crippen molar-refractivity contribution in [2.75, 3.05) is 11.9 Å². The molecule has 0 aliphatic heterocycles. The highest BCUT2D eigenvalue weighted by atomic mass is 19.4. The molecular weight excluding hydrogens is 269 g/mol. The standard InChI is InChI=1S/C14H17F3N2O/c15-14(16,17)8-20-12-6-5-11(7-18-12)19-13(9-1-2-9)10-3-4-10/h5-7,9-10,13,19H,1-4,8H2. The van der Waals surface area contributed by atoms with E-state index in [-0.39, 0.29) is 5.88 Å². The SMILES string of the molecule is FC(F)(F)COc1ccc(NC(C2CC2)C2CC2)cn1. The Labute approximate surface area is 115 Å². The van der Waals surface area contributed by atoms with Crippen LogP contribution in [-0.2, 0) is 0 Å². The number of nitrogens with zero attached hydrogens (tertiary/aromatic N) is 1. The van der Waals surface area contributed by atoms with E-state index in [1.165, 1.54) is 31.7 Å². The lowest BCUT2D eigenvalue weighted by Gasteiger charge is -2.19. The van der Waals surface area contributed by atoms with Gasteiger partial charge >= 0.3 is 6.18 Å². The van der Waals surface area contributed by atoms with Crippen LogP contribution < -0.4 is 10.1 Å². The third-order valence-electron chi connectivity index (χ3n) is 3.71. The Morgan fingerprint density at radius 1 is 1.20 bits per heavy atom. The van der Waals surface area contributed by atoms with Crippen molar-refractivity contribution in [2.24, 2.45) is 11.8 Å². The van der Waals surface area contributed by atoms with E-state index in [1.807, 2.05) is 0 Å². The first-order valence-corrected chi connectivity index (χ1v) is 6.93. The molecule has 0 spiro atoms. The lowest BCUT2D eigenvalue weighted by molar-refractivity contribution is -0.154. The van der Waals surface area contributed by atoms with Gasteiger partial charge in [0.1, 0.15) is 0 Å². The quantitative estimate of drug-likeness (QED) is 0.867. The smallest absolute Gasteiger partial charge is 0.422 e. The third kappa shape index (κ3) is 3.77. The van der Waals surface area contributed by atoms with Crippen LogP contribution in [0.2, 0.25) is 0 Å². The summed E-state index contributed by atoms with van der Waals surface area (Å²) in [7, 11) is 0. The fourth-order valence-corrected chi connectivity index (χ4v) is 2.43. The zero-order chi connectivity index (χ0) is 14.2. The Morgan fingerprint density at radius 2 is 1.85 bits per heavy atom. The molecule has 0 bridgehead atoms. The molecule has 2 saturated carbocycles. The second-order valence-corrected chi connectivity index (χ2v) is 5.63. The monoisotopic (exact) mass is 286 g/mol. The van der Waals surface area contributed by atoms with Crippen molar-refractivity contribution >= 4 is 5.69 Å². The summed E-state index contributed by atoms with van der Waals surface area (Å²) in [6.07, 6.45) is 2.30. The second-order valence-electron chi connectivity index (χ2n) is 5.63. The molecule has 0 atom stereocenters. The maximum Gasteiger partial charge on any atom is 0.422 e. The van der Waals surface area contributed by atoms with Crippen LogP contribution in [0.1, 0.15) is 25.7 Å². The van der Waals surface area contributed by atoms with E-state index in [2.05, 4.69) is 15.0 Å². The minimum atomic E-state index is -4.33.